The van der Waals surface area contributed by atoms with Gasteiger partial charge in [-0.05, 0) is 86.5 Å². The van der Waals surface area contributed by atoms with Crippen LogP contribution in [-0.2, 0) is 9.53 Å². The number of allylic oxidation sites excluding steroid dienone is 3. The highest BCUT2D eigenvalue weighted by atomic mass is 16.5. The average molecular weight is 354 g/mol. The van der Waals surface area contributed by atoms with Crippen molar-refractivity contribution in [1.82, 2.24) is 10.9 Å². The molecule has 6 aliphatic rings. The molecule has 1 aliphatic heterocycles. The van der Waals surface area contributed by atoms with Gasteiger partial charge in [0, 0.05) is 18.5 Å². The van der Waals surface area contributed by atoms with E-state index < -0.39 is 0 Å². The first-order valence-electron chi connectivity index (χ1n) is 10.9. The quantitative estimate of drug-likeness (QED) is 0.591. The van der Waals surface area contributed by atoms with Gasteiger partial charge in [-0.2, -0.15) is 0 Å². The molecule has 5 aliphatic carbocycles. The predicted molar refractivity (Wildman–Crippen MR) is 98.5 cm³/mol. The predicted octanol–water partition coefficient (Wildman–Crippen LogP) is 3.17. The van der Waals surface area contributed by atoms with E-state index in [0.29, 0.717) is 17.9 Å². The summed E-state index contributed by atoms with van der Waals surface area (Å²) in [6, 6.07) is 0.703. The molecule has 140 valence electrons. The molecule has 0 aromatic carbocycles. The highest BCUT2D eigenvalue weighted by Gasteiger charge is 2.51. The van der Waals surface area contributed by atoms with E-state index >= 15 is 0 Å². The Morgan fingerprint density at radius 2 is 1.92 bits per heavy atom. The third-order valence-electron chi connectivity index (χ3n) is 8.42. The summed E-state index contributed by atoms with van der Waals surface area (Å²) < 4.78 is 5.80. The molecule has 2 N–H and O–H groups in total. The second-order valence-electron chi connectivity index (χ2n) is 9.72. The SMILES string of the molecule is O=C(OC1=CCC2C1C=CC1C3CC4CNNC4CC3CCC12)C1CC1. The monoisotopic (exact) mass is 354 g/mol. The largest absolute Gasteiger partial charge is 0.431 e. The lowest BCUT2D eigenvalue weighted by Gasteiger charge is -2.51. The maximum Gasteiger partial charge on any atom is 0.314 e. The summed E-state index contributed by atoms with van der Waals surface area (Å²) in [6.45, 7) is 1.14. The van der Waals surface area contributed by atoms with Crippen molar-refractivity contribution in [3.05, 3.63) is 24.0 Å². The lowest BCUT2D eigenvalue weighted by atomic mass is 9.54. The van der Waals surface area contributed by atoms with E-state index in [0.717, 1.165) is 61.2 Å². The summed E-state index contributed by atoms with van der Waals surface area (Å²) in [5, 5.41) is 0. The molecule has 4 heteroatoms. The minimum Gasteiger partial charge on any atom is -0.431 e. The summed E-state index contributed by atoms with van der Waals surface area (Å²) in [6.07, 6.45) is 15.8. The normalized spacial score (nSPS) is 48.8. The molecule has 8 atom stereocenters. The highest BCUT2D eigenvalue weighted by Crippen LogP contribution is 2.56. The zero-order valence-electron chi connectivity index (χ0n) is 15.4. The number of nitrogens with one attached hydrogen (secondary N) is 2. The molecule has 1 heterocycles. The second kappa shape index (κ2) is 5.93. The number of carbonyl (C=O) groups excluding carboxylic acids is 1. The van der Waals surface area contributed by atoms with Crippen LogP contribution in [-0.4, -0.2) is 18.6 Å². The van der Waals surface area contributed by atoms with Gasteiger partial charge in [-0.1, -0.05) is 12.2 Å². The average Bonchev–Trinajstić information content (AvgIpc) is 3.29. The number of hydrogen-bond acceptors (Lipinski definition) is 4. The number of ether oxygens (including phenoxy) is 1. The van der Waals surface area contributed by atoms with Crippen LogP contribution in [0.2, 0.25) is 0 Å². The molecular weight excluding hydrogens is 324 g/mol. The molecule has 0 aromatic heterocycles. The maximum absolute atomic E-state index is 12.1. The summed E-state index contributed by atoms with van der Waals surface area (Å²) in [5.41, 5.74) is 6.91. The van der Waals surface area contributed by atoms with Crippen molar-refractivity contribution in [2.24, 2.45) is 47.3 Å². The van der Waals surface area contributed by atoms with Gasteiger partial charge in [0.15, 0.2) is 0 Å². The number of hydrazine groups is 1. The Morgan fingerprint density at radius 1 is 1.00 bits per heavy atom. The van der Waals surface area contributed by atoms with E-state index in [-0.39, 0.29) is 11.9 Å². The van der Waals surface area contributed by atoms with Gasteiger partial charge in [-0.15, -0.1) is 0 Å². The number of esters is 1. The van der Waals surface area contributed by atoms with Crippen LogP contribution in [0.1, 0.15) is 44.9 Å². The Hall–Kier alpha value is -1.13. The van der Waals surface area contributed by atoms with Gasteiger partial charge in [0.1, 0.15) is 5.76 Å². The summed E-state index contributed by atoms with van der Waals surface area (Å²) in [5.74, 6) is 6.34. The molecule has 8 unspecified atom stereocenters. The first-order chi connectivity index (χ1) is 12.8. The number of fused-ring (bicyclic) bond motifs is 6. The van der Waals surface area contributed by atoms with Crippen LogP contribution in [0, 0.1) is 47.3 Å². The molecule has 6 rings (SSSR count). The number of carbonyl (C=O) groups is 1. The topological polar surface area (TPSA) is 50.4 Å². The van der Waals surface area contributed by atoms with E-state index in [1.54, 1.807) is 0 Å². The van der Waals surface area contributed by atoms with Crippen LogP contribution in [0.4, 0.5) is 0 Å². The Bertz CT molecular complexity index is 667. The molecule has 4 nitrogen and oxygen atoms in total. The molecule has 0 aromatic rings. The van der Waals surface area contributed by atoms with Crippen molar-refractivity contribution in [3.8, 4) is 0 Å². The van der Waals surface area contributed by atoms with Gasteiger partial charge in [0.2, 0.25) is 0 Å². The fourth-order valence-corrected chi connectivity index (χ4v) is 6.93. The van der Waals surface area contributed by atoms with Crippen molar-refractivity contribution >= 4 is 5.97 Å². The molecule has 0 bridgehead atoms. The molecular formula is C22H30N2O2. The summed E-state index contributed by atoms with van der Waals surface area (Å²) >= 11 is 0. The minimum absolute atomic E-state index is 0.0238. The van der Waals surface area contributed by atoms with Crippen molar-refractivity contribution in [2.45, 2.75) is 51.0 Å². The first kappa shape index (κ1) is 15.9. The van der Waals surface area contributed by atoms with Crippen molar-refractivity contribution < 1.29 is 9.53 Å². The second-order valence-corrected chi connectivity index (χ2v) is 9.72. The van der Waals surface area contributed by atoms with Crippen LogP contribution < -0.4 is 10.9 Å². The van der Waals surface area contributed by atoms with Gasteiger partial charge in [0.25, 0.3) is 0 Å². The van der Waals surface area contributed by atoms with Crippen LogP contribution in [0.3, 0.4) is 0 Å². The van der Waals surface area contributed by atoms with Gasteiger partial charge < -0.3 is 4.74 Å². The molecule has 0 radical (unpaired) electrons. The van der Waals surface area contributed by atoms with Gasteiger partial charge in [0.05, 0.1) is 5.92 Å². The van der Waals surface area contributed by atoms with Gasteiger partial charge in [-0.3, -0.25) is 15.6 Å². The molecule has 0 amide bonds. The lowest BCUT2D eigenvalue weighted by Crippen LogP contribution is -2.47. The van der Waals surface area contributed by atoms with Crippen LogP contribution in [0.25, 0.3) is 0 Å². The number of hydrogen-bond donors (Lipinski definition) is 2. The third kappa shape index (κ3) is 2.45. The minimum atomic E-state index is 0.0238. The van der Waals surface area contributed by atoms with Crippen LogP contribution in [0.5, 0.6) is 0 Å². The molecule has 3 saturated carbocycles. The van der Waals surface area contributed by atoms with Gasteiger partial charge in [-0.25, -0.2) is 0 Å². The zero-order valence-corrected chi connectivity index (χ0v) is 15.4. The summed E-state index contributed by atoms with van der Waals surface area (Å²) in [7, 11) is 0. The smallest absolute Gasteiger partial charge is 0.314 e. The van der Waals surface area contributed by atoms with E-state index in [2.05, 4.69) is 29.1 Å². The van der Waals surface area contributed by atoms with Crippen molar-refractivity contribution in [3.63, 3.8) is 0 Å². The van der Waals surface area contributed by atoms with Crippen molar-refractivity contribution in [2.75, 3.05) is 6.54 Å². The molecule has 1 saturated heterocycles. The Balaban J connectivity index is 1.20. The van der Waals surface area contributed by atoms with E-state index in [4.69, 9.17) is 4.74 Å². The summed E-state index contributed by atoms with van der Waals surface area (Å²) in [4.78, 5) is 12.1. The molecule has 4 fully saturated rings. The van der Waals surface area contributed by atoms with E-state index in [1.807, 2.05) is 0 Å². The molecule has 0 spiro atoms. The fraction of sp³-hybridized carbons (Fsp3) is 0.773. The number of rotatable bonds is 2. The zero-order chi connectivity index (χ0) is 17.3. The first-order valence-corrected chi connectivity index (χ1v) is 10.9. The fourth-order valence-electron chi connectivity index (χ4n) is 6.93. The maximum atomic E-state index is 12.1. The van der Waals surface area contributed by atoms with Crippen LogP contribution >= 0.6 is 0 Å². The van der Waals surface area contributed by atoms with Gasteiger partial charge >= 0.3 is 5.97 Å². The standard InChI is InChI=1S/C22H30N2O2/c25-22(12-1-2-12)26-21-8-7-16-15-4-3-13-10-20-14(11-23-24-20)9-19(13)17(15)5-6-18(16)21/h5-6,8,12-20,23-24H,1-4,7,9-11H2. The molecule has 26 heavy (non-hydrogen) atoms. The Labute approximate surface area is 155 Å². The third-order valence-corrected chi connectivity index (χ3v) is 8.42. The van der Waals surface area contributed by atoms with E-state index in [9.17, 15) is 4.79 Å². The Kier molecular flexibility index (Phi) is 3.62. The van der Waals surface area contributed by atoms with E-state index in [1.165, 1.54) is 25.7 Å². The highest BCUT2D eigenvalue weighted by molar-refractivity contribution is 5.76. The Morgan fingerprint density at radius 3 is 2.81 bits per heavy atom. The van der Waals surface area contributed by atoms with Crippen molar-refractivity contribution in [1.29, 1.82) is 0 Å². The van der Waals surface area contributed by atoms with Crippen LogP contribution in [0.15, 0.2) is 24.0 Å². The lowest BCUT2D eigenvalue weighted by molar-refractivity contribution is -0.141.